The highest BCUT2D eigenvalue weighted by molar-refractivity contribution is 9.10. The quantitative estimate of drug-likeness (QED) is 0.897. The molecule has 0 aromatic heterocycles. The molecule has 0 atom stereocenters. The van der Waals surface area contributed by atoms with Crippen molar-refractivity contribution in [2.75, 3.05) is 20.1 Å². The molecule has 0 spiro atoms. The predicted molar refractivity (Wildman–Crippen MR) is 79.3 cm³/mol. The second-order valence-corrected chi connectivity index (χ2v) is 5.78. The van der Waals surface area contributed by atoms with Crippen LogP contribution in [0.4, 0.5) is 0 Å². The minimum Gasteiger partial charge on any atom is -0.351 e. The van der Waals surface area contributed by atoms with E-state index in [2.05, 4.69) is 40.0 Å². The van der Waals surface area contributed by atoms with Crippen LogP contribution in [0.2, 0.25) is 5.02 Å². The first-order chi connectivity index (χ1) is 8.41. The molecule has 1 aromatic rings. The van der Waals surface area contributed by atoms with E-state index in [1.54, 1.807) is 12.1 Å². The summed E-state index contributed by atoms with van der Waals surface area (Å²) < 4.78 is 0.844. The fourth-order valence-corrected chi connectivity index (χ4v) is 1.94. The summed E-state index contributed by atoms with van der Waals surface area (Å²) in [5.41, 5.74) is 0.498. The van der Waals surface area contributed by atoms with Gasteiger partial charge in [-0.25, -0.2) is 0 Å². The first kappa shape index (κ1) is 15.5. The molecule has 1 amide bonds. The lowest BCUT2D eigenvalue weighted by Gasteiger charge is -2.20. The smallest absolute Gasteiger partial charge is 0.252 e. The largest absolute Gasteiger partial charge is 0.351 e. The third-order valence-corrected chi connectivity index (χ3v) is 3.63. The SMILES string of the molecule is CC(C)N(C)CCNC(=O)c1cc(Br)ccc1Cl. The number of rotatable bonds is 5. The van der Waals surface area contributed by atoms with Crippen LogP contribution in [0.25, 0.3) is 0 Å². The van der Waals surface area contributed by atoms with Gasteiger partial charge in [-0.15, -0.1) is 0 Å². The van der Waals surface area contributed by atoms with Gasteiger partial charge in [0.2, 0.25) is 0 Å². The van der Waals surface area contributed by atoms with E-state index in [0.29, 0.717) is 23.2 Å². The normalized spacial score (nSPS) is 11.1. The second kappa shape index (κ2) is 7.12. The maximum absolute atomic E-state index is 11.9. The summed E-state index contributed by atoms with van der Waals surface area (Å²) in [5, 5.41) is 3.33. The Morgan fingerprint density at radius 2 is 2.17 bits per heavy atom. The second-order valence-electron chi connectivity index (χ2n) is 4.45. The fourth-order valence-electron chi connectivity index (χ4n) is 1.37. The molecule has 3 nitrogen and oxygen atoms in total. The van der Waals surface area contributed by atoms with Crippen LogP contribution in [0.1, 0.15) is 24.2 Å². The van der Waals surface area contributed by atoms with Gasteiger partial charge in [-0.2, -0.15) is 0 Å². The van der Waals surface area contributed by atoms with Crippen molar-refractivity contribution in [2.24, 2.45) is 0 Å². The third-order valence-electron chi connectivity index (χ3n) is 2.80. The van der Waals surface area contributed by atoms with Crippen LogP contribution in [-0.4, -0.2) is 37.0 Å². The van der Waals surface area contributed by atoms with Gasteiger partial charge in [0.15, 0.2) is 0 Å². The average Bonchev–Trinajstić information content (AvgIpc) is 2.31. The van der Waals surface area contributed by atoms with Gasteiger partial charge in [-0.3, -0.25) is 4.79 Å². The van der Waals surface area contributed by atoms with Crippen LogP contribution in [0, 0.1) is 0 Å². The standard InChI is InChI=1S/C13H18BrClN2O/c1-9(2)17(3)7-6-16-13(18)11-8-10(14)4-5-12(11)15/h4-5,8-9H,6-7H2,1-3H3,(H,16,18). The highest BCUT2D eigenvalue weighted by Gasteiger charge is 2.11. The number of amides is 1. The summed E-state index contributed by atoms with van der Waals surface area (Å²) in [6.07, 6.45) is 0. The Balaban J connectivity index is 2.53. The summed E-state index contributed by atoms with van der Waals surface area (Å²) in [6.45, 7) is 5.66. The van der Waals surface area contributed by atoms with Crippen molar-refractivity contribution in [2.45, 2.75) is 19.9 Å². The molecule has 1 N–H and O–H groups in total. The molecule has 1 aromatic carbocycles. The zero-order chi connectivity index (χ0) is 13.7. The molecule has 100 valence electrons. The van der Waals surface area contributed by atoms with E-state index in [4.69, 9.17) is 11.6 Å². The van der Waals surface area contributed by atoms with Gasteiger partial charge < -0.3 is 10.2 Å². The molecule has 0 saturated carbocycles. The number of nitrogens with one attached hydrogen (secondary N) is 1. The monoisotopic (exact) mass is 332 g/mol. The first-order valence-corrected chi connectivity index (χ1v) is 7.02. The van der Waals surface area contributed by atoms with Crippen molar-refractivity contribution < 1.29 is 4.79 Å². The molecular formula is C13H18BrClN2O. The number of carbonyl (C=O) groups excluding carboxylic acids is 1. The van der Waals surface area contributed by atoms with Gasteiger partial charge in [-0.1, -0.05) is 27.5 Å². The molecule has 0 aliphatic rings. The van der Waals surface area contributed by atoms with Crippen LogP contribution < -0.4 is 5.32 Å². The number of nitrogens with zero attached hydrogens (tertiary/aromatic N) is 1. The Morgan fingerprint density at radius 1 is 1.50 bits per heavy atom. The van der Waals surface area contributed by atoms with E-state index in [1.807, 2.05) is 13.1 Å². The molecule has 0 bridgehead atoms. The number of benzene rings is 1. The maximum Gasteiger partial charge on any atom is 0.252 e. The Hall–Kier alpha value is -0.580. The fraction of sp³-hybridized carbons (Fsp3) is 0.462. The average molecular weight is 334 g/mol. The first-order valence-electron chi connectivity index (χ1n) is 5.85. The van der Waals surface area contributed by atoms with Gasteiger partial charge in [0, 0.05) is 23.6 Å². The molecule has 0 fully saturated rings. The molecule has 0 unspecified atom stereocenters. The lowest BCUT2D eigenvalue weighted by atomic mass is 10.2. The molecule has 5 heteroatoms. The van der Waals surface area contributed by atoms with Crippen LogP contribution in [-0.2, 0) is 0 Å². The lowest BCUT2D eigenvalue weighted by Crippen LogP contribution is -2.36. The molecule has 0 aliphatic heterocycles. The Labute approximate surface area is 122 Å². The van der Waals surface area contributed by atoms with Crippen LogP contribution in [0.3, 0.4) is 0 Å². The van der Waals surface area contributed by atoms with Gasteiger partial charge >= 0.3 is 0 Å². The molecule has 0 radical (unpaired) electrons. The van der Waals surface area contributed by atoms with Crippen molar-refractivity contribution in [3.8, 4) is 0 Å². The van der Waals surface area contributed by atoms with Gasteiger partial charge in [0.05, 0.1) is 10.6 Å². The van der Waals surface area contributed by atoms with Crippen molar-refractivity contribution >= 4 is 33.4 Å². The Kier molecular flexibility index (Phi) is 6.12. The van der Waals surface area contributed by atoms with Gasteiger partial charge in [0.1, 0.15) is 0 Å². The van der Waals surface area contributed by atoms with Crippen LogP contribution in [0.15, 0.2) is 22.7 Å². The Morgan fingerprint density at radius 3 is 2.78 bits per heavy atom. The van der Waals surface area contributed by atoms with E-state index < -0.39 is 0 Å². The highest BCUT2D eigenvalue weighted by Crippen LogP contribution is 2.20. The predicted octanol–water partition coefficient (Wildman–Crippen LogP) is 3.17. The maximum atomic E-state index is 11.9. The van der Waals surface area contributed by atoms with Crippen molar-refractivity contribution in [3.05, 3.63) is 33.3 Å². The van der Waals surface area contributed by atoms with Crippen LogP contribution in [0.5, 0.6) is 0 Å². The number of likely N-dealkylation sites (N-methyl/N-ethyl adjacent to an activating group) is 1. The number of halogens is 2. The van der Waals surface area contributed by atoms with Gasteiger partial charge in [0.25, 0.3) is 5.91 Å². The molecule has 1 rings (SSSR count). The zero-order valence-corrected chi connectivity index (χ0v) is 13.2. The Bertz CT molecular complexity index is 423. The van der Waals surface area contributed by atoms with Gasteiger partial charge in [-0.05, 0) is 39.1 Å². The van der Waals surface area contributed by atoms with E-state index in [-0.39, 0.29) is 5.91 Å². The lowest BCUT2D eigenvalue weighted by molar-refractivity contribution is 0.0948. The zero-order valence-electron chi connectivity index (χ0n) is 10.8. The van der Waals surface area contributed by atoms with E-state index in [0.717, 1.165) is 11.0 Å². The van der Waals surface area contributed by atoms with Crippen molar-refractivity contribution in [1.82, 2.24) is 10.2 Å². The summed E-state index contributed by atoms with van der Waals surface area (Å²) in [4.78, 5) is 14.1. The molecule has 0 heterocycles. The topological polar surface area (TPSA) is 32.3 Å². The molecular weight excluding hydrogens is 316 g/mol. The van der Waals surface area contributed by atoms with Crippen molar-refractivity contribution in [1.29, 1.82) is 0 Å². The highest BCUT2D eigenvalue weighted by atomic mass is 79.9. The third kappa shape index (κ3) is 4.59. The molecule has 0 saturated heterocycles. The summed E-state index contributed by atoms with van der Waals surface area (Å²) in [5.74, 6) is -0.140. The number of hydrogen-bond acceptors (Lipinski definition) is 2. The summed E-state index contributed by atoms with van der Waals surface area (Å²) >= 11 is 9.32. The summed E-state index contributed by atoms with van der Waals surface area (Å²) in [6, 6.07) is 5.72. The van der Waals surface area contributed by atoms with E-state index in [1.165, 1.54) is 0 Å². The van der Waals surface area contributed by atoms with Crippen molar-refractivity contribution in [3.63, 3.8) is 0 Å². The number of carbonyl (C=O) groups is 1. The molecule has 0 aliphatic carbocycles. The van der Waals surface area contributed by atoms with Crippen LogP contribution >= 0.6 is 27.5 Å². The van der Waals surface area contributed by atoms with E-state index in [9.17, 15) is 4.79 Å². The molecule has 18 heavy (non-hydrogen) atoms. The van der Waals surface area contributed by atoms with E-state index >= 15 is 0 Å². The summed E-state index contributed by atoms with van der Waals surface area (Å²) in [7, 11) is 2.03. The minimum absolute atomic E-state index is 0.140. The number of hydrogen-bond donors (Lipinski definition) is 1. The minimum atomic E-state index is -0.140.